The van der Waals surface area contributed by atoms with Crippen LogP contribution in [0.5, 0.6) is 0 Å². The molecule has 20 heavy (non-hydrogen) atoms. The van der Waals surface area contributed by atoms with Gasteiger partial charge in [-0.25, -0.2) is 0 Å². The minimum Gasteiger partial charge on any atom is -0.384 e. The molecule has 4 heteroatoms. The summed E-state index contributed by atoms with van der Waals surface area (Å²) in [6, 6.07) is 10.4. The second-order valence-corrected chi connectivity index (χ2v) is 5.90. The van der Waals surface area contributed by atoms with Crippen LogP contribution in [0.2, 0.25) is 0 Å². The number of nitrogens with zero attached hydrogens (tertiary/aromatic N) is 1. The third-order valence-electron chi connectivity index (χ3n) is 4.15. The number of hydrogen-bond donors (Lipinski definition) is 2. The second-order valence-electron chi connectivity index (χ2n) is 5.90. The average Bonchev–Trinajstić information content (AvgIpc) is 2.79. The molecule has 2 atom stereocenters. The van der Waals surface area contributed by atoms with Crippen LogP contribution in [-0.4, -0.2) is 40.6 Å². The molecule has 110 valence electrons. The van der Waals surface area contributed by atoms with E-state index in [0.29, 0.717) is 6.54 Å². The summed E-state index contributed by atoms with van der Waals surface area (Å²) in [5.74, 6) is -0.294. The number of aliphatic hydroxyl groups is 1. The monoisotopic (exact) mass is 276 g/mol. The van der Waals surface area contributed by atoms with E-state index in [9.17, 15) is 9.90 Å². The van der Waals surface area contributed by atoms with Gasteiger partial charge in [-0.2, -0.15) is 0 Å². The van der Waals surface area contributed by atoms with Crippen LogP contribution in [0.3, 0.4) is 0 Å². The van der Waals surface area contributed by atoms with Crippen LogP contribution >= 0.6 is 0 Å². The summed E-state index contributed by atoms with van der Waals surface area (Å²) in [6.07, 6.45) is 1.27. The van der Waals surface area contributed by atoms with Crippen LogP contribution in [-0.2, 0) is 11.3 Å². The van der Waals surface area contributed by atoms with Gasteiger partial charge >= 0.3 is 0 Å². The molecule has 1 aromatic carbocycles. The Labute approximate surface area is 120 Å². The fraction of sp³-hybridized carbons (Fsp3) is 0.562. The number of amides is 1. The maximum absolute atomic E-state index is 11.5. The Morgan fingerprint density at radius 1 is 1.45 bits per heavy atom. The van der Waals surface area contributed by atoms with Crippen molar-refractivity contribution in [1.29, 1.82) is 0 Å². The van der Waals surface area contributed by atoms with Crippen LogP contribution < -0.4 is 5.32 Å². The summed E-state index contributed by atoms with van der Waals surface area (Å²) in [5.41, 5.74) is 1.27. The Morgan fingerprint density at radius 3 is 2.80 bits per heavy atom. The Kier molecular flexibility index (Phi) is 4.78. The van der Waals surface area contributed by atoms with Gasteiger partial charge in [0, 0.05) is 18.6 Å². The predicted molar refractivity (Wildman–Crippen MR) is 79.2 cm³/mol. The van der Waals surface area contributed by atoms with Crippen molar-refractivity contribution < 1.29 is 9.90 Å². The van der Waals surface area contributed by atoms with Crippen molar-refractivity contribution >= 4 is 5.91 Å². The van der Waals surface area contributed by atoms with Gasteiger partial charge in [0.15, 0.2) is 0 Å². The summed E-state index contributed by atoms with van der Waals surface area (Å²) < 4.78 is 0. The van der Waals surface area contributed by atoms with Crippen molar-refractivity contribution in [3.8, 4) is 0 Å². The largest absolute Gasteiger partial charge is 0.384 e. The number of likely N-dealkylation sites (tertiary alicyclic amines) is 1. The molecule has 4 nitrogen and oxygen atoms in total. The number of rotatable bonds is 5. The van der Waals surface area contributed by atoms with Crippen molar-refractivity contribution in [3.63, 3.8) is 0 Å². The maximum atomic E-state index is 11.5. The highest BCUT2D eigenvalue weighted by Gasteiger charge is 2.36. The van der Waals surface area contributed by atoms with Gasteiger partial charge in [0.2, 0.25) is 5.91 Å². The molecule has 2 unspecified atom stereocenters. The maximum Gasteiger partial charge on any atom is 0.248 e. The number of benzene rings is 1. The average molecular weight is 276 g/mol. The van der Waals surface area contributed by atoms with Gasteiger partial charge in [-0.1, -0.05) is 30.3 Å². The first-order chi connectivity index (χ1) is 9.51. The zero-order chi connectivity index (χ0) is 14.6. The number of nitrogens with one attached hydrogen (secondary N) is 1. The fourth-order valence-corrected chi connectivity index (χ4v) is 2.78. The molecule has 1 aromatic rings. The summed E-state index contributed by atoms with van der Waals surface area (Å²) in [7, 11) is 0. The Morgan fingerprint density at radius 2 is 2.15 bits per heavy atom. The highest BCUT2D eigenvalue weighted by Crippen LogP contribution is 2.29. The molecule has 1 amide bonds. The molecular formula is C16H24N2O2. The first-order valence-corrected chi connectivity index (χ1v) is 7.26. The van der Waals surface area contributed by atoms with Crippen LogP contribution in [0.15, 0.2) is 30.3 Å². The fourth-order valence-electron chi connectivity index (χ4n) is 2.78. The minimum atomic E-state index is -0.942. The SMILES string of the molecule is CC(O)C(=O)NCC1(C)CCCN1Cc1ccccc1. The second kappa shape index (κ2) is 6.37. The molecule has 1 heterocycles. The van der Waals surface area contributed by atoms with Crippen molar-refractivity contribution in [2.75, 3.05) is 13.1 Å². The molecule has 1 saturated heterocycles. The van der Waals surface area contributed by atoms with Crippen molar-refractivity contribution in [1.82, 2.24) is 10.2 Å². The van der Waals surface area contributed by atoms with E-state index >= 15 is 0 Å². The van der Waals surface area contributed by atoms with Crippen molar-refractivity contribution in [3.05, 3.63) is 35.9 Å². The van der Waals surface area contributed by atoms with E-state index < -0.39 is 6.10 Å². The quantitative estimate of drug-likeness (QED) is 0.857. The van der Waals surface area contributed by atoms with Gasteiger partial charge in [0.25, 0.3) is 0 Å². The van der Waals surface area contributed by atoms with Crippen LogP contribution in [0.25, 0.3) is 0 Å². The Hall–Kier alpha value is -1.39. The van der Waals surface area contributed by atoms with Gasteiger partial charge in [-0.05, 0) is 38.8 Å². The number of carbonyl (C=O) groups excluding carboxylic acids is 1. The summed E-state index contributed by atoms with van der Waals surface area (Å²) in [6.45, 7) is 6.22. The molecular weight excluding hydrogens is 252 g/mol. The molecule has 2 rings (SSSR count). The molecule has 0 aliphatic carbocycles. The summed E-state index contributed by atoms with van der Waals surface area (Å²) >= 11 is 0. The summed E-state index contributed by atoms with van der Waals surface area (Å²) in [5, 5.41) is 12.1. The van der Waals surface area contributed by atoms with Crippen molar-refractivity contribution in [2.45, 2.75) is 44.9 Å². The highest BCUT2D eigenvalue weighted by atomic mass is 16.3. The van der Waals surface area contributed by atoms with Gasteiger partial charge in [-0.3, -0.25) is 9.69 Å². The van der Waals surface area contributed by atoms with E-state index in [-0.39, 0.29) is 11.4 Å². The van der Waals surface area contributed by atoms with Crippen LogP contribution in [0.4, 0.5) is 0 Å². The third kappa shape index (κ3) is 3.58. The van der Waals surface area contributed by atoms with E-state index in [1.165, 1.54) is 12.5 Å². The highest BCUT2D eigenvalue weighted by molar-refractivity contribution is 5.80. The number of hydrogen-bond acceptors (Lipinski definition) is 3. The van der Waals surface area contributed by atoms with Crippen LogP contribution in [0, 0.1) is 0 Å². The van der Waals surface area contributed by atoms with Crippen molar-refractivity contribution in [2.24, 2.45) is 0 Å². The summed E-state index contributed by atoms with van der Waals surface area (Å²) in [4.78, 5) is 13.9. The molecule has 0 radical (unpaired) electrons. The topological polar surface area (TPSA) is 52.6 Å². The molecule has 2 N–H and O–H groups in total. The first kappa shape index (κ1) is 15.0. The van der Waals surface area contributed by atoms with E-state index in [2.05, 4.69) is 41.4 Å². The van der Waals surface area contributed by atoms with Gasteiger partial charge in [-0.15, -0.1) is 0 Å². The molecule has 1 fully saturated rings. The normalized spacial score (nSPS) is 24.6. The zero-order valence-corrected chi connectivity index (χ0v) is 12.3. The number of aliphatic hydroxyl groups excluding tert-OH is 1. The molecule has 0 saturated carbocycles. The Balaban J connectivity index is 1.96. The lowest BCUT2D eigenvalue weighted by Gasteiger charge is -2.35. The molecule has 0 bridgehead atoms. The number of carbonyl (C=O) groups is 1. The van der Waals surface area contributed by atoms with Crippen LogP contribution in [0.1, 0.15) is 32.3 Å². The van der Waals surface area contributed by atoms with E-state index in [1.807, 2.05) is 6.07 Å². The lowest BCUT2D eigenvalue weighted by molar-refractivity contribution is -0.129. The van der Waals surface area contributed by atoms with Gasteiger partial charge in [0.05, 0.1) is 0 Å². The molecule has 1 aliphatic rings. The molecule has 0 spiro atoms. The minimum absolute atomic E-state index is 0.0274. The van der Waals surface area contributed by atoms with E-state index in [0.717, 1.165) is 25.9 Å². The van der Waals surface area contributed by atoms with E-state index in [1.54, 1.807) is 0 Å². The molecule has 0 aromatic heterocycles. The van der Waals surface area contributed by atoms with E-state index in [4.69, 9.17) is 0 Å². The molecule has 1 aliphatic heterocycles. The smallest absolute Gasteiger partial charge is 0.248 e. The van der Waals surface area contributed by atoms with Gasteiger partial charge in [0.1, 0.15) is 6.10 Å². The first-order valence-electron chi connectivity index (χ1n) is 7.26. The predicted octanol–water partition coefficient (Wildman–Crippen LogP) is 1.54. The third-order valence-corrected chi connectivity index (χ3v) is 4.15. The lowest BCUT2D eigenvalue weighted by atomic mass is 9.98. The zero-order valence-electron chi connectivity index (χ0n) is 12.3. The standard InChI is InChI=1S/C16H24N2O2/c1-13(19)15(20)17-12-16(2)9-6-10-18(16)11-14-7-4-3-5-8-14/h3-5,7-8,13,19H,6,9-12H2,1-2H3,(H,17,20). The Bertz CT molecular complexity index is 447. The van der Waals surface area contributed by atoms with Gasteiger partial charge < -0.3 is 10.4 Å². The lowest BCUT2D eigenvalue weighted by Crippen LogP contribution is -2.50.